The number of hydrogen-bond donors (Lipinski definition) is 0. The number of rotatable bonds is 5. The summed E-state index contributed by atoms with van der Waals surface area (Å²) in [5, 5.41) is 5.12. The average Bonchev–Trinajstić information content (AvgIpc) is 2.71. The van der Waals surface area contributed by atoms with Gasteiger partial charge in [0.25, 0.3) is 0 Å². The van der Waals surface area contributed by atoms with E-state index in [-0.39, 0.29) is 0 Å². The van der Waals surface area contributed by atoms with E-state index in [2.05, 4.69) is 98.5 Å². The van der Waals surface area contributed by atoms with Gasteiger partial charge >= 0.3 is 0 Å². The lowest BCUT2D eigenvalue weighted by Gasteiger charge is -2.04. The predicted molar refractivity (Wildman–Crippen MR) is 121 cm³/mol. The summed E-state index contributed by atoms with van der Waals surface area (Å²) in [6.45, 7) is 6.09. The van der Waals surface area contributed by atoms with Crippen LogP contribution in [-0.2, 0) is 6.42 Å². The third-order valence-electron chi connectivity index (χ3n) is 5.06. The van der Waals surface area contributed by atoms with Gasteiger partial charge in [0.05, 0.1) is 0 Å². The predicted octanol–water partition coefficient (Wildman–Crippen LogP) is 7.76. The van der Waals surface area contributed by atoms with Gasteiger partial charge in [-0.1, -0.05) is 92.7 Å². The van der Waals surface area contributed by atoms with Crippen LogP contribution in [0.1, 0.15) is 35.6 Å². The molecule has 0 heteroatoms. The summed E-state index contributed by atoms with van der Waals surface area (Å²) >= 11 is 0. The summed E-state index contributed by atoms with van der Waals surface area (Å²) in [4.78, 5) is 0. The standard InChI is InChI=1S/C27H24/c1-3-5-21-9-13-25-15-11-23(19-27(25)17-21)7-6-22-10-14-24-12-8-20(4-2)16-26(24)18-22/h4,6-19H,2-3,5H2,1H3/b7-6-. The van der Waals surface area contributed by atoms with Crippen molar-refractivity contribution in [2.45, 2.75) is 19.8 Å². The molecule has 0 spiro atoms. The van der Waals surface area contributed by atoms with Crippen molar-refractivity contribution < 1.29 is 0 Å². The van der Waals surface area contributed by atoms with E-state index in [4.69, 9.17) is 0 Å². The van der Waals surface area contributed by atoms with Crippen molar-refractivity contribution in [3.63, 3.8) is 0 Å². The van der Waals surface area contributed by atoms with Crippen molar-refractivity contribution in [3.8, 4) is 0 Å². The molecule has 0 nitrogen and oxygen atoms in total. The quantitative estimate of drug-likeness (QED) is 0.323. The molecule has 132 valence electrons. The average molecular weight is 348 g/mol. The van der Waals surface area contributed by atoms with Crippen LogP contribution in [0.2, 0.25) is 0 Å². The van der Waals surface area contributed by atoms with Gasteiger partial charge in [-0.05, 0) is 68.4 Å². The maximum Gasteiger partial charge on any atom is -0.0172 e. The van der Waals surface area contributed by atoms with Gasteiger partial charge in [0.15, 0.2) is 0 Å². The highest BCUT2D eigenvalue weighted by Gasteiger charge is 1.99. The summed E-state index contributed by atoms with van der Waals surface area (Å²) in [6.07, 6.45) is 8.60. The van der Waals surface area contributed by atoms with E-state index in [1.165, 1.54) is 44.7 Å². The summed E-state index contributed by atoms with van der Waals surface area (Å²) in [5.74, 6) is 0. The third kappa shape index (κ3) is 3.85. The minimum atomic E-state index is 1.14. The second-order valence-electron chi connectivity index (χ2n) is 7.09. The van der Waals surface area contributed by atoms with Crippen LogP contribution in [0, 0.1) is 0 Å². The zero-order chi connectivity index (χ0) is 18.6. The topological polar surface area (TPSA) is 0 Å². The maximum atomic E-state index is 3.86. The summed E-state index contributed by atoms with van der Waals surface area (Å²) in [5.41, 5.74) is 5.01. The highest BCUT2D eigenvalue weighted by molar-refractivity contribution is 5.89. The molecule has 0 bridgehead atoms. The van der Waals surface area contributed by atoms with E-state index < -0.39 is 0 Å². The SMILES string of the molecule is C=Cc1ccc2ccc(/C=C\c3ccc4ccc(CCC)cc4c3)cc2c1. The lowest BCUT2D eigenvalue weighted by Crippen LogP contribution is -1.84. The Balaban J connectivity index is 1.65. The first-order valence-corrected chi connectivity index (χ1v) is 9.62. The van der Waals surface area contributed by atoms with Crippen molar-refractivity contribution in [2.75, 3.05) is 0 Å². The lowest BCUT2D eigenvalue weighted by atomic mass is 10.0. The minimum absolute atomic E-state index is 1.14. The van der Waals surface area contributed by atoms with E-state index in [9.17, 15) is 0 Å². The zero-order valence-corrected chi connectivity index (χ0v) is 15.8. The van der Waals surface area contributed by atoms with Crippen LogP contribution in [0.3, 0.4) is 0 Å². The van der Waals surface area contributed by atoms with Crippen LogP contribution in [0.25, 0.3) is 39.8 Å². The summed E-state index contributed by atoms with van der Waals surface area (Å²) in [7, 11) is 0. The Kier molecular flexibility index (Phi) is 4.89. The van der Waals surface area contributed by atoms with Gasteiger partial charge in [0.2, 0.25) is 0 Å². The molecule has 4 aromatic rings. The van der Waals surface area contributed by atoms with Crippen molar-refractivity contribution in [2.24, 2.45) is 0 Å². The number of aryl methyl sites for hydroxylation is 1. The van der Waals surface area contributed by atoms with Gasteiger partial charge in [-0.25, -0.2) is 0 Å². The van der Waals surface area contributed by atoms with Crippen LogP contribution in [0.5, 0.6) is 0 Å². The first kappa shape index (κ1) is 17.3. The van der Waals surface area contributed by atoms with Crippen LogP contribution in [0.4, 0.5) is 0 Å². The number of benzene rings is 4. The van der Waals surface area contributed by atoms with E-state index in [1.807, 2.05) is 6.08 Å². The van der Waals surface area contributed by atoms with Crippen LogP contribution in [0.15, 0.2) is 79.4 Å². The highest BCUT2D eigenvalue weighted by Crippen LogP contribution is 2.22. The minimum Gasteiger partial charge on any atom is -0.0985 e. The molecule has 0 aromatic heterocycles. The summed E-state index contributed by atoms with van der Waals surface area (Å²) < 4.78 is 0. The van der Waals surface area contributed by atoms with Gasteiger partial charge in [-0.15, -0.1) is 0 Å². The first-order chi connectivity index (χ1) is 13.2. The Morgan fingerprint density at radius 1 is 0.630 bits per heavy atom. The summed E-state index contributed by atoms with van der Waals surface area (Å²) in [6, 6.07) is 26.5. The molecule has 4 rings (SSSR count). The highest BCUT2D eigenvalue weighted by atomic mass is 14.0. The molecule has 4 aromatic carbocycles. The van der Waals surface area contributed by atoms with E-state index in [1.54, 1.807) is 0 Å². The van der Waals surface area contributed by atoms with Gasteiger partial charge in [-0.2, -0.15) is 0 Å². The fourth-order valence-electron chi connectivity index (χ4n) is 3.57. The molecule has 0 unspecified atom stereocenters. The Hall–Kier alpha value is -3.12. The Morgan fingerprint density at radius 2 is 1.15 bits per heavy atom. The molecule has 0 N–H and O–H groups in total. The Bertz CT molecular complexity index is 1150. The van der Waals surface area contributed by atoms with Crippen LogP contribution in [-0.4, -0.2) is 0 Å². The molecule has 0 saturated heterocycles. The molecule has 0 radical (unpaired) electrons. The largest absolute Gasteiger partial charge is 0.0985 e. The van der Waals surface area contributed by atoms with Crippen LogP contribution < -0.4 is 0 Å². The molecule has 0 amide bonds. The number of hydrogen-bond acceptors (Lipinski definition) is 0. The maximum absolute atomic E-state index is 3.86. The molecule has 0 fully saturated rings. The van der Waals surface area contributed by atoms with Gasteiger partial charge in [0, 0.05) is 0 Å². The molecule has 27 heavy (non-hydrogen) atoms. The van der Waals surface area contributed by atoms with E-state index in [0.717, 1.165) is 12.0 Å². The van der Waals surface area contributed by atoms with E-state index in [0.29, 0.717) is 0 Å². The number of fused-ring (bicyclic) bond motifs is 2. The van der Waals surface area contributed by atoms with Crippen molar-refractivity contribution in [3.05, 3.63) is 102 Å². The second kappa shape index (κ2) is 7.63. The molecular formula is C27H24. The molecule has 0 aliphatic heterocycles. The van der Waals surface area contributed by atoms with Crippen LogP contribution >= 0.6 is 0 Å². The smallest absolute Gasteiger partial charge is 0.0172 e. The first-order valence-electron chi connectivity index (χ1n) is 9.62. The molecule has 0 atom stereocenters. The Labute approximate surface area is 161 Å². The molecular weight excluding hydrogens is 324 g/mol. The van der Waals surface area contributed by atoms with E-state index >= 15 is 0 Å². The van der Waals surface area contributed by atoms with Crippen molar-refractivity contribution in [1.82, 2.24) is 0 Å². The second-order valence-corrected chi connectivity index (χ2v) is 7.09. The Morgan fingerprint density at radius 3 is 1.74 bits per heavy atom. The lowest BCUT2D eigenvalue weighted by molar-refractivity contribution is 0.924. The monoisotopic (exact) mass is 348 g/mol. The third-order valence-corrected chi connectivity index (χ3v) is 5.06. The zero-order valence-electron chi connectivity index (χ0n) is 15.8. The molecule has 0 aliphatic carbocycles. The van der Waals surface area contributed by atoms with Gasteiger partial charge in [-0.3, -0.25) is 0 Å². The van der Waals surface area contributed by atoms with Gasteiger partial charge < -0.3 is 0 Å². The molecule has 0 saturated carbocycles. The van der Waals surface area contributed by atoms with Gasteiger partial charge in [0.1, 0.15) is 0 Å². The van der Waals surface area contributed by atoms with Crippen molar-refractivity contribution in [1.29, 1.82) is 0 Å². The molecule has 0 aliphatic rings. The normalized spacial score (nSPS) is 11.4. The molecule has 0 heterocycles. The fourth-order valence-corrected chi connectivity index (χ4v) is 3.57. The fraction of sp³-hybridized carbons (Fsp3) is 0.111. The van der Waals surface area contributed by atoms with Crippen molar-refractivity contribution >= 4 is 39.8 Å².